The van der Waals surface area contributed by atoms with Crippen LogP contribution in [0.15, 0.2) is 42.5 Å². The van der Waals surface area contributed by atoms with Crippen molar-refractivity contribution in [2.24, 2.45) is 0 Å². The summed E-state index contributed by atoms with van der Waals surface area (Å²) in [4.78, 5) is 23.1. The van der Waals surface area contributed by atoms with Crippen LogP contribution in [-0.2, 0) is 0 Å². The lowest BCUT2D eigenvalue weighted by atomic mass is 10.1. The zero-order valence-corrected chi connectivity index (χ0v) is 11.0. The standard InChI is InChI=1S/C14H11ClN2O3/c15-9-3-1-8(2-4-9)13(18)17-12-6-5-10(16)7-11(12)14(19)20/h1-7H,16H2,(H,17,18)(H,19,20). The number of nitrogen functional groups attached to an aromatic ring is 1. The van der Waals surface area contributed by atoms with Gasteiger partial charge in [0.1, 0.15) is 0 Å². The van der Waals surface area contributed by atoms with Gasteiger partial charge in [0.2, 0.25) is 0 Å². The van der Waals surface area contributed by atoms with Crippen LogP contribution in [0.5, 0.6) is 0 Å². The molecule has 0 atom stereocenters. The molecule has 0 radical (unpaired) electrons. The van der Waals surface area contributed by atoms with Crippen molar-refractivity contribution in [1.82, 2.24) is 0 Å². The van der Waals surface area contributed by atoms with Gasteiger partial charge in [0.25, 0.3) is 5.91 Å². The van der Waals surface area contributed by atoms with Gasteiger partial charge in [-0.05, 0) is 42.5 Å². The van der Waals surface area contributed by atoms with E-state index in [0.29, 0.717) is 16.3 Å². The molecule has 0 spiro atoms. The average molecular weight is 291 g/mol. The second kappa shape index (κ2) is 5.63. The van der Waals surface area contributed by atoms with E-state index in [1.54, 1.807) is 24.3 Å². The summed E-state index contributed by atoms with van der Waals surface area (Å²) in [5.74, 6) is -1.59. The summed E-state index contributed by atoms with van der Waals surface area (Å²) in [5.41, 5.74) is 6.35. The van der Waals surface area contributed by atoms with Crippen molar-refractivity contribution in [3.05, 3.63) is 58.6 Å². The van der Waals surface area contributed by atoms with Crippen molar-refractivity contribution in [2.75, 3.05) is 11.1 Å². The molecule has 5 nitrogen and oxygen atoms in total. The van der Waals surface area contributed by atoms with Gasteiger partial charge in [-0.15, -0.1) is 0 Å². The van der Waals surface area contributed by atoms with Crippen LogP contribution in [0.2, 0.25) is 5.02 Å². The number of nitrogens with one attached hydrogen (secondary N) is 1. The fourth-order valence-corrected chi connectivity index (χ4v) is 1.77. The van der Waals surface area contributed by atoms with Crippen LogP contribution in [0.3, 0.4) is 0 Å². The van der Waals surface area contributed by atoms with Gasteiger partial charge in [0.15, 0.2) is 0 Å². The highest BCUT2D eigenvalue weighted by molar-refractivity contribution is 6.30. The molecule has 0 saturated carbocycles. The van der Waals surface area contributed by atoms with Crippen LogP contribution >= 0.6 is 11.6 Å². The SMILES string of the molecule is Nc1ccc(NC(=O)c2ccc(Cl)cc2)c(C(=O)O)c1. The molecule has 20 heavy (non-hydrogen) atoms. The van der Waals surface area contributed by atoms with Crippen molar-refractivity contribution < 1.29 is 14.7 Å². The zero-order chi connectivity index (χ0) is 14.7. The number of hydrogen-bond acceptors (Lipinski definition) is 3. The molecular formula is C14H11ClN2O3. The van der Waals surface area contributed by atoms with Crippen LogP contribution in [0, 0.1) is 0 Å². The second-order valence-corrected chi connectivity index (χ2v) is 4.51. The molecule has 0 saturated heterocycles. The Bertz CT molecular complexity index is 669. The maximum Gasteiger partial charge on any atom is 0.337 e. The maximum absolute atomic E-state index is 12.0. The minimum absolute atomic E-state index is 0.0627. The van der Waals surface area contributed by atoms with Crippen LogP contribution < -0.4 is 11.1 Å². The van der Waals surface area contributed by atoms with E-state index in [0.717, 1.165) is 0 Å². The summed E-state index contributed by atoms with van der Waals surface area (Å²) in [6, 6.07) is 10.5. The number of carbonyl (C=O) groups excluding carboxylic acids is 1. The third-order valence-corrected chi connectivity index (χ3v) is 2.88. The molecule has 0 aromatic heterocycles. The van der Waals surface area contributed by atoms with Gasteiger partial charge in [-0.3, -0.25) is 4.79 Å². The van der Waals surface area contributed by atoms with E-state index in [1.165, 1.54) is 18.2 Å². The van der Waals surface area contributed by atoms with Gasteiger partial charge >= 0.3 is 5.97 Å². The van der Waals surface area contributed by atoms with Crippen LogP contribution in [-0.4, -0.2) is 17.0 Å². The smallest absolute Gasteiger partial charge is 0.337 e. The Morgan fingerprint density at radius 3 is 2.35 bits per heavy atom. The van der Waals surface area contributed by atoms with Gasteiger partial charge < -0.3 is 16.2 Å². The lowest BCUT2D eigenvalue weighted by molar-refractivity contribution is 0.0698. The fraction of sp³-hybridized carbons (Fsp3) is 0. The van der Waals surface area contributed by atoms with Crippen LogP contribution in [0.1, 0.15) is 20.7 Å². The highest BCUT2D eigenvalue weighted by atomic mass is 35.5. The molecule has 102 valence electrons. The number of carboxylic acid groups (broad SMARTS) is 1. The van der Waals surface area contributed by atoms with Gasteiger partial charge in [-0.1, -0.05) is 11.6 Å². The van der Waals surface area contributed by atoms with Gasteiger partial charge in [0, 0.05) is 16.3 Å². The molecular weight excluding hydrogens is 280 g/mol. The number of carboxylic acids is 1. The summed E-state index contributed by atoms with van der Waals surface area (Å²) in [7, 11) is 0. The van der Waals surface area contributed by atoms with Gasteiger partial charge in [-0.2, -0.15) is 0 Å². The Morgan fingerprint density at radius 2 is 1.75 bits per heavy atom. The molecule has 2 rings (SSSR count). The first-order valence-electron chi connectivity index (χ1n) is 5.67. The molecule has 0 bridgehead atoms. The number of aromatic carboxylic acids is 1. The maximum atomic E-state index is 12.0. The quantitative estimate of drug-likeness (QED) is 0.758. The Kier molecular flexibility index (Phi) is 3.91. The fourth-order valence-electron chi connectivity index (χ4n) is 1.64. The van der Waals surface area contributed by atoms with E-state index in [9.17, 15) is 9.59 Å². The van der Waals surface area contributed by atoms with E-state index >= 15 is 0 Å². The molecule has 4 N–H and O–H groups in total. The van der Waals surface area contributed by atoms with E-state index in [2.05, 4.69) is 5.32 Å². The highest BCUT2D eigenvalue weighted by Crippen LogP contribution is 2.20. The van der Waals surface area contributed by atoms with Crippen molar-refractivity contribution in [1.29, 1.82) is 0 Å². The Labute approximate surface area is 120 Å². The lowest BCUT2D eigenvalue weighted by Gasteiger charge is -2.09. The summed E-state index contributed by atoms with van der Waals surface area (Å²) in [5, 5.41) is 12.1. The van der Waals surface area contributed by atoms with Crippen molar-refractivity contribution in [2.45, 2.75) is 0 Å². The Balaban J connectivity index is 2.28. The molecule has 0 aliphatic carbocycles. The van der Waals surface area contributed by atoms with E-state index in [1.807, 2.05) is 0 Å². The van der Waals surface area contributed by atoms with E-state index < -0.39 is 11.9 Å². The first-order valence-corrected chi connectivity index (χ1v) is 6.05. The molecule has 2 aromatic rings. The summed E-state index contributed by atoms with van der Waals surface area (Å²) >= 11 is 5.74. The summed E-state index contributed by atoms with van der Waals surface area (Å²) in [6.45, 7) is 0. The summed E-state index contributed by atoms with van der Waals surface area (Å²) in [6.07, 6.45) is 0. The predicted molar refractivity (Wildman–Crippen MR) is 77.2 cm³/mol. The normalized spacial score (nSPS) is 10.1. The number of anilines is 2. The number of benzene rings is 2. The first-order chi connectivity index (χ1) is 9.47. The third-order valence-electron chi connectivity index (χ3n) is 2.63. The molecule has 0 fully saturated rings. The predicted octanol–water partition coefficient (Wildman–Crippen LogP) is 2.87. The number of hydrogen-bond donors (Lipinski definition) is 3. The van der Waals surface area contributed by atoms with Gasteiger partial charge in [-0.25, -0.2) is 4.79 Å². The average Bonchev–Trinajstić information content (AvgIpc) is 2.41. The molecule has 6 heteroatoms. The van der Waals surface area contributed by atoms with Crippen molar-refractivity contribution >= 4 is 34.9 Å². The minimum atomic E-state index is -1.16. The van der Waals surface area contributed by atoms with E-state index in [-0.39, 0.29) is 11.3 Å². The van der Waals surface area contributed by atoms with Crippen molar-refractivity contribution in [3.8, 4) is 0 Å². The Morgan fingerprint density at radius 1 is 1.10 bits per heavy atom. The summed E-state index contributed by atoms with van der Waals surface area (Å²) < 4.78 is 0. The topological polar surface area (TPSA) is 92.4 Å². The van der Waals surface area contributed by atoms with Crippen molar-refractivity contribution in [3.63, 3.8) is 0 Å². The van der Waals surface area contributed by atoms with Crippen LogP contribution in [0.4, 0.5) is 11.4 Å². The lowest BCUT2D eigenvalue weighted by Crippen LogP contribution is -2.15. The highest BCUT2D eigenvalue weighted by Gasteiger charge is 2.13. The van der Waals surface area contributed by atoms with Crippen LogP contribution in [0.25, 0.3) is 0 Å². The third kappa shape index (κ3) is 3.07. The molecule has 0 heterocycles. The number of nitrogens with two attached hydrogens (primary N) is 1. The monoisotopic (exact) mass is 290 g/mol. The van der Waals surface area contributed by atoms with Gasteiger partial charge in [0.05, 0.1) is 11.3 Å². The number of halogens is 1. The molecule has 0 unspecified atom stereocenters. The molecule has 0 aliphatic rings. The largest absolute Gasteiger partial charge is 0.478 e. The molecule has 1 amide bonds. The first kappa shape index (κ1) is 13.9. The zero-order valence-electron chi connectivity index (χ0n) is 10.3. The minimum Gasteiger partial charge on any atom is -0.478 e. The molecule has 2 aromatic carbocycles. The molecule has 0 aliphatic heterocycles. The number of carbonyl (C=O) groups is 2. The van der Waals surface area contributed by atoms with E-state index in [4.69, 9.17) is 22.4 Å². The second-order valence-electron chi connectivity index (χ2n) is 4.07. The number of rotatable bonds is 3. The Hall–Kier alpha value is -2.53. The number of amides is 1.